The molecule has 0 saturated carbocycles. The highest BCUT2D eigenvalue weighted by Crippen LogP contribution is 2.33. The highest BCUT2D eigenvalue weighted by molar-refractivity contribution is 6.32. The highest BCUT2D eigenvalue weighted by atomic mass is 35.5. The molecule has 0 saturated heterocycles. The zero-order valence-corrected chi connectivity index (χ0v) is 19.5. The summed E-state index contributed by atoms with van der Waals surface area (Å²) in [4.78, 5) is 31.7. The number of pyridine rings is 1. The molecule has 10 heteroatoms. The van der Waals surface area contributed by atoms with Crippen molar-refractivity contribution in [3.8, 4) is 0 Å². The molecule has 0 aliphatic carbocycles. The Hall–Kier alpha value is -3.49. The van der Waals surface area contributed by atoms with E-state index < -0.39 is 17.6 Å². The predicted octanol–water partition coefficient (Wildman–Crippen LogP) is 5.49. The summed E-state index contributed by atoms with van der Waals surface area (Å²) >= 11 is 12.1. The van der Waals surface area contributed by atoms with Crippen molar-refractivity contribution >= 4 is 57.9 Å². The van der Waals surface area contributed by atoms with Crippen LogP contribution in [0.2, 0.25) is 10.0 Å². The standard InChI is InChI=1S/C23H20Cl2FN5O2/c1-12(27)13-4-6-16(18(26)8-13)22(32)30-21-17(9-15(25)10-19(21)31(2)3)23(33)29-20-7-5-14(24)11-28-20/h4-11,27H,1-3H3,(H,30,32)(H,28,29,33). The number of nitrogens with zero attached hydrogens (tertiary/aromatic N) is 2. The van der Waals surface area contributed by atoms with Crippen molar-refractivity contribution in [2.75, 3.05) is 29.6 Å². The average molecular weight is 488 g/mol. The minimum Gasteiger partial charge on any atom is -0.376 e. The Balaban J connectivity index is 2.01. The van der Waals surface area contributed by atoms with Crippen LogP contribution in [0.4, 0.5) is 21.6 Å². The van der Waals surface area contributed by atoms with Crippen LogP contribution < -0.4 is 15.5 Å². The normalized spacial score (nSPS) is 10.5. The number of carbonyl (C=O) groups is 2. The molecule has 0 fully saturated rings. The van der Waals surface area contributed by atoms with Crippen LogP contribution in [0.15, 0.2) is 48.7 Å². The number of nitrogens with one attached hydrogen (secondary N) is 3. The van der Waals surface area contributed by atoms with Gasteiger partial charge in [-0.05, 0) is 48.9 Å². The fourth-order valence-corrected chi connectivity index (χ4v) is 3.33. The monoisotopic (exact) mass is 487 g/mol. The minimum absolute atomic E-state index is 0.0589. The second-order valence-corrected chi connectivity index (χ2v) is 8.20. The number of halogens is 3. The molecule has 3 N–H and O–H groups in total. The zero-order chi connectivity index (χ0) is 24.3. The summed E-state index contributed by atoms with van der Waals surface area (Å²) in [6, 6.07) is 9.96. The minimum atomic E-state index is -0.784. The van der Waals surface area contributed by atoms with Gasteiger partial charge in [0, 0.05) is 31.0 Å². The van der Waals surface area contributed by atoms with Crippen LogP contribution in [0.5, 0.6) is 0 Å². The van der Waals surface area contributed by atoms with Crippen molar-refractivity contribution in [2.24, 2.45) is 0 Å². The van der Waals surface area contributed by atoms with Crippen molar-refractivity contribution in [3.05, 3.63) is 81.2 Å². The number of amides is 2. The molecule has 170 valence electrons. The number of hydrogen-bond acceptors (Lipinski definition) is 5. The first-order valence-electron chi connectivity index (χ1n) is 9.67. The Labute approximate surface area is 200 Å². The first kappa shape index (κ1) is 24.2. The molecule has 3 aromatic rings. The van der Waals surface area contributed by atoms with Crippen LogP contribution in [0.1, 0.15) is 33.2 Å². The molecule has 0 radical (unpaired) electrons. The van der Waals surface area contributed by atoms with Gasteiger partial charge in [0.25, 0.3) is 11.8 Å². The van der Waals surface area contributed by atoms with Gasteiger partial charge in [-0.25, -0.2) is 9.37 Å². The van der Waals surface area contributed by atoms with Crippen molar-refractivity contribution in [1.29, 1.82) is 5.41 Å². The Bertz CT molecular complexity index is 1250. The molecular formula is C23H20Cl2FN5O2. The van der Waals surface area contributed by atoms with E-state index >= 15 is 0 Å². The third-order valence-corrected chi connectivity index (χ3v) is 5.10. The maximum Gasteiger partial charge on any atom is 0.259 e. The van der Waals surface area contributed by atoms with Crippen LogP contribution in [0.25, 0.3) is 0 Å². The molecule has 7 nitrogen and oxygen atoms in total. The predicted molar refractivity (Wildman–Crippen MR) is 130 cm³/mol. The molecule has 0 unspecified atom stereocenters. The summed E-state index contributed by atoms with van der Waals surface area (Å²) in [5.41, 5.74) is 0.947. The van der Waals surface area contributed by atoms with E-state index in [0.717, 1.165) is 6.07 Å². The molecule has 33 heavy (non-hydrogen) atoms. The third kappa shape index (κ3) is 5.66. The van der Waals surface area contributed by atoms with Crippen LogP contribution >= 0.6 is 23.2 Å². The van der Waals surface area contributed by atoms with E-state index in [9.17, 15) is 14.0 Å². The molecule has 0 atom stereocenters. The largest absolute Gasteiger partial charge is 0.376 e. The van der Waals surface area contributed by atoms with Gasteiger partial charge in [0.1, 0.15) is 11.6 Å². The van der Waals surface area contributed by atoms with Gasteiger partial charge in [-0.15, -0.1) is 0 Å². The van der Waals surface area contributed by atoms with E-state index in [1.54, 1.807) is 31.1 Å². The third-order valence-electron chi connectivity index (χ3n) is 4.66. The van der Waals surface area contributed by atoms with Gasteiger partial charge in [0.05, 0.1) is 27.5 Å². The number of anilines is 3. The van der Waals surface area contributed by atoms with E-state index in [0.29, 0.717) is 16.3 Å². The summed E-state index contributed by atoms with van der Waals surface area (Å²) in [6.07, 6.45) is 1.38. The molecule has 1 aromatic heterocycles. The Morgan fingerprint density at radius 2 is 1.67 bits per heavy atom. The summed E-state index contributed by atoms with van der Waals surface area (Å²) in [7, 11) is 3.43. The SMILES string of the molecule is CC(=N)c1ccc(C(=O)Nc2c(C(=O)Nc3ccc(Cl)cn3)cc(Cl)cc2N(C)C)c(F)c1. The van der Waals surface area contributed by atoms with Gasteiger partial charge in [-0.2, -0.15) is 0 Å². The lowest BCUT2D eigenvalue weighted by molar-refractivity contribution is 0.102. The first-order valence-corrected chi connectivity index (χ1v) is 10.4. The summed E-state index contributed by atoms with van der Waals surface area (Å²) in [5, 5.41) is 13.6. The van der Waals surface area contributed by atoms with E-state index in [1.807, 2.05) is 0 Å². The van der Waals surface area contributed by atoms with Crippen molar-refractivity contribution in [3.63, 3.8) is 0 Å². The Morgan fingerprint density at radius 3 is 2.24 bits per heavy atom. The van der Waals surface area contributed by atoms with E-state index in [4.69, 9.17) is 28.6 Å². The second kappa shape index (κ2) is 9.97. The molecule has 0 aliphatic rings. The molecule has 0 spiro atoms. The number of hydrogen-bond donors (Lipinski definition) is 3. The fraction of sp³-hybridized carbons (Fsp3) is 0.130. The Kier molecular flexibility index (Phi) is 7.30. The van der Waals surface area contributed by atoms with Crippen LogP contribution in [-0.4, -0.2) is 36.6 Å². The number of carbonyl (C=O) groups excluding carboxylic acids is 2. The van der Waals surface area contributed by atoms with Gasteiger partial charge in [0.2, 0.25) is 0 Å². The smallest absolute Gasteiger partial charge is 0.259 e. The lowest BCUT2D eigenvalue weighted by atomic mass is 10.1. The van der Waals surface area contributed by atoms with Crippen LogP contribution in [0, 0.1) is 11.2 Å². The van der Waals surface area contributed by atoms with Crippen LogP contribution in [0.3, 0.4) is 0 Å². The number of benzene rings is 2. The van der Waals surface area contributed by atoms with Crippen LogP contribution in [-0.2, 0) is 0 Å². The number of aromatic nitrogens is 1. The molecule has 0 aliphatic heterocycles. The highest BCUT2D eigenvalue weighted by Gasteiger charge is 2.22. The quantitative estimate of drug-likeness (QED) is 0.400. The van der Waals surface area contributed by atoms with Crippen molar-refractivity contribution in [2.45, 2.75) is 6.92 Å². The maximum atomic E-state index is 14.6. The topological polar surface area (TPSA) is 98.2 Å². The van der Waals surface area contributed by atoms with Crippen molar-refractivity contribution < 1.29 is 14.0 Å². The van der Waals surface area contributed by atoms with Gasteiger partial charge in [0.15, 0.2) is 0 Å². The summed E-state index contributed by atoms with van der Waals surface area (Å²) in [5.74, 6) is -1.88. The summed E-state index contributed by atoms with van der Waals surface area (Å²) < 4.78 is 14.6. The molecule has 0 bridgehead atoms. The maximum absolute atomic E-state index is 14.6. The number of rotatable bonds is 6. The van der Waals surface area contributed by atoms with E-state index in [-0.39, 0.29) is 33.4 Å². The molecule has 3 rings (SSSR count). The van der Waals surface area contributed by atoms with Gasteiger partial charge >= 0.3 is 0 Å². The Morgan fingerprint density at radius 1 is 0.970 bits per heavy atom. The van der Waals surface area contributed by atoms with E-state index in [1.165, 1.54) is 37.4 Å². The summed E-state index contributed by atoms with van der Waals surface area (Å²) in [6.45, 7) is 1.52. The van der Waals surface area contributed by atoms with E-state index in [2.05, 4.69) is 15.6 Å². The molecular weight excluding hydrogens is 468 g/mol. The second-order valence-electron chi connectivity index (χ2n) is 7.33. The average Bonchev–Trinajstić information content (AvgIpc) is 2.75. The lowest BCUT2D eigenvalue weighted by Gasteiger charge is -2.21. The van der Waals surface area contributed by atoms with Gasteiger partial charge in [-0.3, -0.25) is 9.59 Å². The van der Waals surface area contributed by atoms with Gasteiger partial charge in [-0.1, -0.05) is 29.3 Å². The molecule has 2 aromatic carbocycles. The van der Waals surface area contributed by atoms with Gasteiger partial charge < -0.3 is 20.9 Å². The lowest BCUT2D eigenvalue weighted by Crippen LogP contribution is -2.22. The fourth-order valence-electron chi connectivity index (χ4n) is 3.00. The molecule has 1 heterocycles. The first-order chi connectivity index (χ1) is 15.6. The zero-order valence-electron chi connectivity index (χ0n) is 18.0. The molecule has 2 amide bonds. The van der Waals surface area contributed by atoms with Crippen molar-refractivity contribution in [1.82, 2.24) is 4.98 Å².